The van der Waals surface area contributed by atoms with Crippen molar-refractivity contribution in [2.24, 2.45) is 5.89 Å². The molecule has 1 unspecified atom stereocenters. The molecule has 0 amide bonds. The maximum atomic E-state index is 8.89. The van der Waals surface area contributed by atoms with E-state index in [1.165, 1.54) is 36.4 Å². The van der Waals surface area contributed by atoms with Gasteiger partial charge in [-0.1, -0.05) is 42.8 Å². The molecule has 1 aliphatic heterocycles. The van der Waals surface area contributed by atoms with Crippen molar-refractivity contribution in [1.29, 1.82) is 0 Å². The van der Waals surface area contributed by atoms with Crippen molar-refractivity contribution in [3.8, 4) is 0 Å². The van der Waals surface area contributed by atoms with Crippen molar-refractivity contribution in [2.75, 3.05) is 13.0 Å². The number of halogens is 1. The third kappa shape index (κ3) is 3.19. The number of nitrogens with zero attached hydrogens (tertiary/aromatic N) is 3. The van der Waals surface area contributed by atoms with Crippen LogP contribution in [-0.2, 0) is 13.0 Å². The van der Waals surface area contributed by atoms with Crippen molar-refractivity contribution in [3.63, 3.8) is 0 Å². The molecule has 2 heterocycles. The molecule has 0 aliphatic carbocycles. The molecule has 4 rings (SSSR count). The van der Waals surface area contributed by atoms with Gasteiger partial charge in [-0.15, -0.1) is 0 Å². The normalized spacial score (nSPS) is 35.8. The molecule has 3 aromatic rings. The molecule has 1 saturated heterocycles. The number of aromatic nitrogens is 2. The molecule has 1 aromatic heterocycles. The maximum Gasteiger partial charge on any atom is 0.124 e. The highest BCUT2D eigenvalue weighted by Crippen LogP contribution is 2.22. The molecule has 1 aliphatic rings. The zero-order chi connectivity index (χ0) is 26.4. The molecule has 1 fully saturated rings. The number of rotatable bonds is 4. The van der Waals surface area contributed by atoms with Crippen molar-refractivity contribution in [1.82, 2.24) is 14.5 Å². The molecule has 124 valence electrons. The molecule has 0 radical (unpaired) electrons. The van der Waals surface area contributed by atoms with E-state index in [-0.39, 0.29) is 21.5 Å². The SMILES string of the molecule is [2H]C([2H])(c1nc2ccccc2n1C([2H])([2H])c1ccc(Cl)cc1)N1C([2H])([2H])C([2H])([2H])C([2H])(C)C1([2H])[2H]. The summed E-state index contributed by atoms with van der Waals surface area (Å²) in [5.74, 6) is -3.40. The van der Waals surface area contributed by atoms with E-state index in [0.29, 0.717) is 5.02 Å². The van der Waals surface area contributed by atoms with Crippen LogP contribution in [0.4, 0.5) is 0 Å². The Morgan fingerprint density at radius 2 is 2.04 bits per heavy atom. The molecule has 1 atom stereocenters. The average Bonchev–Trinajstić information content (AvgIpc) is 3.17. The lowest BCUT2D eigenvalue weighted by molar-refractivity contribution is 0.308. The largest absolute Gasteiger partial charge is 0.322 e. The third-order valence-electron chi connectivity index (χ3n) is 3.49. The summed E-state index contributed by atoms with van der Waals surface area (Å²) >= 11 is 5.94. The lowest BCUT2D eigenvalue weighted by Gasteiger charge is -2.16. The van der Waals surface area contributed by atoms with E-state index in [1.54, 1.807) is 12.1 Å². The van der Waals surface area contributed by atoms with Gasteiger partial charge in [-0.25, -0.2) is 4.98 Å². The zero-order valence-electron chi connectivity index (χ0n) is 23.8. The molecule has 2 aromatic carbocycles. The van der Waals surface area contributed by atoms with Gasteiger partial charge < -0.3 is 4.57 Å². The second kappa shape index (κ2) is 6.58. The van der Waals surface area contributed by atoms with Crippen LogP contribution in [0.2, 0.25) is 5.02 Å². The van der Waals surface area contributed by atoms with Crippen LogP contribution in [0.25, 0.3) is 11.0 Å². The van der Waals surface area contributed by atoms with Gasteiger partial charge in [0.15, 0.2) is 0 Å². The first-order chi connectivity index (χ1) is 15.8. The van der Waals surface area contributed by atoms with Crippen molar-refractivity contribution in [2.45, 2.75) is 26.3 Å². The van der Waals surface area contributed by atoms with E-state index in [1.807, 2.05) is 0 Å². The number of benzene rings is 2. The van der Waals surface area contributed by atoms with Crippen LogP contribution in [0.1, 0.15) is 39.8 Å². The summed E-state index contributed by atoms with van der Waals surface area (Å²) < 4.78 is 94.8. The van der Waals surface area contributed by atoms with Crippen LogP contribution in [0.5, 0.6) is 0 Å². The second-order valence-electron chi connectivity index (χ2n) is 5.30. The van der Waals surface area contributed by atoms with E-state index < -0.39 is 44.1 Å². The van der Waals surface area contributed by atoms with Crippen molar-refractivity contribution in [3.05, 3.63) is 64.9 Å². The minimum Gasteiger partial charge on any atom is -0.322 e. The topological polar surface area (TPSA) is 21.1 Å². The van der Waals surface area contributed by atoms with Gasteiger partial charge in [0.05, 0.1) is 23.0 Å². The molecular formula is C20H22ClN3. The Hall–Kier alpha value is -1.84. The number of para-hydroxylation sites is 2. The highest BCUT2D eigenvalue weighted by Gasteiger charge is 2.21. The second-order valence-corrected chi connectivity index (χ2v) is 5.74. The van der Waals surface area contributed by atoms with E-state index >= 15 is 0 Å². The van der Waals surface area contributed by atoms with Gasteiger partial charge in [-0.05, 0) is 48.6 Å². The standard InChI is InChI=1S/C20H22ClN3/c1-15-10-11-23(12-15)14-20-22-18-4-2-3-5-19(18)24(20)13-16-6-8-17(21)9-7-16/h2-9,15H,10-14H2,1H3/i10D2,11D2,12D2,13D2,14D2,15D. The number of hydrogen-bond donors (Lipinski definition) is 0. The molecule has 0 spiro atoms. The van der Waals surface area contributed by atoms with Gasteiger partial charge in [0, 0.05) is 27.6 Å². The van der Waals surface area contributed by atoms with E-state index in [2.05, 4.69) is 4.98 Å². The van der Waals surface area contributed by atoms with Crippen molar-refractivity contribution < 1.29 is 15.1 Å². The fourth-order valence-electron chi connectivity index (χ4n) is 2.39. The Balaban J connectivity index is 2.03. The van der Waals surface area contributed by atoms with Gasteiger partial charge >= 0.3 is 0 Å². The summed E-state index contributed by atoms with van der Waals surface area (Å²) in [7, 11) is 0. The lowest BCUT2D eigenvalue weighted by Crippen LogP contribution is -2.22. The van der Waals surface area contributed by atoms with Crippen LogP contribution in [0.15, 0.2) is 48.5 Å². The lowest BCUT2D eigenvalue weighted by atomic mass is 10.2. The van der Waals surface area contributed by atoms with Crippen molar-refractivity contribution >= 4 is 22.6 Å². The molecule has 4 heteroatoms. The first-order valence-corrected chi connectivity index (χ1v) is 7.75. The molecule has 3 nitrogen and oxygen atoms in total. The predicted molar refractivity (Wildman–Crippen MR) is 99.3 cm³/mol. The van der Waals surface area contributed by atoms with Gasteiger partial charge in [0.2, 0.25) is 0 Å². The summed E-state index contributed by atoms with van der Waals surface area (Å²) in [6.07, 6.45) is -3.14. The highest BCUT2D eigenvalue weighted by atomic mass is 35.5. The molecule has 0 saturated carbocycles. The predicted octanol–water partition coefficient (Wildman–Crippen LogP) is 4.58. The Bertz CT molecular complexity index is 1260. The van der Waals surface area contributed by atoms with Crippen LogP contribution in [0.3, 0.4) is 0 Å². The molecule has 0 N–H and O–H groups in total. The number of fused-ring (bicyclic) bond motifs is 1. The van der Waals surface area contributed by atoms with Gasteiger partial charge in [0.25, 0.3) is 0 Å². The zero-order valence-corrected chi connectivity index (χ0v) is 13.6. The van der Waals surface area contributed by atoms with E-state index in [9.17, 15) is 0 Å². The van der Waals surface area contributed by atoms with Gasteiger partial charge in [-0.3, -0.25) is 4.90 Å². The van der Waals surface area contributed by atoms with E-state index in [4.69, 9.17) is 26.7 Å². The third-order valence-corrected chi connectivity index (χ3v) is 3.74. The number of hydrogen-bond acceptors (Lipinski definition) is 2. The molecular weight excluding hydrogens is 318 g/mol. The fourth-order valence-corrected chi connectivity index (χ4v) is 2.51. The Kier molecular flexibility index (Phi) is 2.08. The Morgan fingerprint density at radius 3 is 2.79 bits per heavy atom. The summed E-state index contributed by atoms with van der Waals surface area (Å²) in [5.41, 5.74) is 0.402. The first kappa shape index (κ1) is 7.59. The average molecular weight is 351 g/mol. The minimum absolute atomic E-state index is 0.0235. The first-order valence-electron chi connectivity index (χ1n) is 12.9. The van der Waals surface area contributed by atoms with Crippen LogP contribution in [-0.4, -0.2) is 27.4 Å². The molecule has 24 heavy (non-hydrogen) atoms. The van der Waals surface area contributed by atoms with Gasteiger partial charge in [-0.2, -0.15) is 0 Å². The minimum atomic E-state index is -3.30. The Morgan fingerprint density at radius 1 is 1.25 bits per heavy atom. The van der Waals surface area contributed by atoms with E-state index in [0.717, 1.165) is 11.5 Å². The summed E-state index contributed by atoms with van der Waals surface area (Å²) in [6, 6.07) is 11.9. The van der Waals surface area contributed by atoms with Gasteiger partial charge in [0.1, 0.15) is 5.82 Å². The monoisotopic (exact) mass is 350 g/mol. The Labute approximate surface area is 163 Å². The molecule has 0 bridgehead atoms. The maximum absolute atomic E-state index is 8.89. The quantitative estimate of drug-likeness (QED) is 0.686. The summed E-state index contributed by atoms with van der Waals surface area (Å²) in [4.78, 5) is 4.25. The summed E-state index contributed by atoms with van der Waals surface area (Å²) in [6.45, 7) is -11.2. The van der Waals surface area contributed by atoms with Crippen LogP contribution in [0, 0.1) is 5.89 Å². The summed E-state index contributed by atoms with van der Waals surface area (Å²) in [5, 5.41) is 0.353. The van der Waals surface area contributed by atoms with Crippen LogP contribution >= 0.6 is 11.6 Å². The fraction of sp³-hybridized carbons (Fsp3) is 0.350. The number of imidazole rings is 1. The van der Waals surface area contributed by atoms with Crippen LogP contribution < -0.4 is 0 Å². The smallest absolute Gasteiger partial charge is 0.124 e. The highest BCUT2D eigenvalue weighted by molar-refractivity contribution is 6.30. The number of likely N-dealkylation sites (tertiary alicyclic amines) is 1.